The second-order valence-electron chi connectivity index (χ2n) is 3.70. The van der Waals surface area contributed by atoms with Crippen LogP contribution in [0.1, 0.15) is 24.0 Å². The van der Waals surface area contributed by atoms with Crippen molar-refractivity contribution in [3.8, 4) is 11.8 Å². The Morgan fingerprint density at radius 1 is 1.27 bits per heavy atom. The molecule has 1 aromatic carbocycles. The molecule has 1 aliphatic carbocycles. The van der Waals surface area contributed by atoms with Crippen LogP contribution in [0, 0.1) is 18.8 Å². The lowest BCUT2D eigenvalue weighted by Crippen LogP contribution is -2.09. The maximum Gasteiger partial charge on any atom is 0.163 e. The second-order valence-corrected chi connectivity index (χ2v) is 3.70. The minimum Gasteiger partial charge on any atom is -0.294 e. The molecule has 0 radical (unpaired) electrons. The van der Waals surface area contributed by atoms with Gasteiger partial charge >= 0.3 is 0 Å². The van der Waals surface area contributed by atoms with Gasteiger partial charge in [-0.1, -0.05) is 35.6 Å². The van der Waals surface area contributed by atoms with Crippen molar-refractivity contribution in [2.75, 3.05) is 0 Å². The largest absolute Gasteiger partial charge is 0.294 e. The first-order valence-corrected chi connectivity index (χ1v) is 5.03. The summed E-state index contributed by atoms with van der Waals surface area (Å²) in [6.45, 7) is 2.05. The van der Waals surface area contributed by atoms with Gasteiger partial charge in [-0.2, -0.15) is 0 Å². The number of hydrogen-bond acceptors (Lipinski definition) is 1. The summed E-state index contributed by atoms with van der Waals surface area (Å²) in [6.07, 6.45) is 3.14. The molecular formula is C14H12O. The zero-order chi connectivity index (χ0) is 10.7. The molecule has 0 amide bonds. The highest BCUT2D eigenvalue weighted by Crippen LogP contribution is 2.16. The summed E-state index contributed by atoms with van der Waals surface area (Å²) in [5, 5.41) is 0. The maximum atomic E-state index is 11.0. The molecule has 74 valence electrons. The summed E-state index contributed by atoms with van der Waals surface area (Å²) in [4.78, 5) is 11.0. The molecule has 0 bridgehead atoms. The average molecular weight is 196 g/mol. The number of carbonyl (C=O) groups excluding carboxylic acids is 1. The zero-order valence-corrected chi connectivity index (χ0v) is 8.71. The van der Waals surface area contributed by atoms with Crippen LogP contribution in [-0.2, 0) is 4.79 Å². The summed E-state index contributed by atoms with van der Waals surface area (Å²) in [7, 11) is 0. The number of aryl methyl sites for hydroxylation is 1. The molecule has 0 heterocycles. The van der Waals surface area contributed by atoms with Gasteiger partial charge in [0.15, 0.2) is 5.78 Å². The van der Waals surface area contributed by atoms with Crippen LogP contribution in [0.5, 0.6) is 0 Å². The third-order valence-corrected chi connectivity index (χ3v) is 2.46. The topological polar surface area (TPSA) is 17.1 Å². The van der Waals surface area contributed by atoms with Gasteiger partial charge in [-0.3, -0.25) is 4.79 Å². The highest BCUT2D eigenvalue weighted by Gasteiger charge is 2.14. The van der Waals surface area contributed by atoms with E-state index in [1.165, 1.54) is 5.56 Å². The van der Waals surface area contributed by atoms with Crippen molar-refractivity contribution in [2.24, 2.45) is 0 Å². The first-order chi connectivity index (χ1) is 7.25. The molecule has 2 rings (SSSR count). The Morgan fingerprint density at radius 2 is 2.00 bits per heavy atom. The second kappa shape index (κ2) is 4.14. The van der Waals surface area contributed by atoms with Crippen molar-refractivity contribution < 1.29 is 4.79 Å². The molecule has 0 saturated heterocycles. The van der Waals surface area contributed by atoms with Gasteiger partial charge in [-0.05, 0) is 19.1 Å². The quantitative estimate of drug-likeness (QED) is 0.631. The smallest absolute Gasteiger partial charge is 0.163 e. The van der Waals surface area contributed by atoms with Gasteiger partial charge < -0.3 is 0 Å². The lowest BCUT2D eigenvalue weighted by Gasteiger charge is -2.08. The van der Waals surface area contributed by atoms with E-state index in [0.29, 0.717) is 12.8 Å². The SMILES string of the molecule is Cc1ccc(C#CCC2=CCC2=O)cc1. The van der Waals surface area contributed by atoms with E-state index in [0.717, 1.165) is 11.1 Å². The van der Waals surface area contributed by atoms with Crippen molar-refractivity contribution >= 4 is 5.78 Å². The van der Waals surface area contributed by atoms with Crippen LogP contribution in [0.15, 0.2) is 35.9 Å². The Hall–Kier alpha value is -1.81. The number of carbonyl (C=O) groups is 1. The van der Waals surface area contributed by atoms with E-state index in [1.807, 2.05) is 30.3 Å². The first-order valence-electron chi connectivity index (χ1n) is 5.03. The van der Waals surface area contributed by atoms with Crippen LogP contribution in [0.3, 0.4) is 0 Å². The predicted octanol–water partition coefficient (Wildman–Crippen LogP) is 2.64. The van der Waals surface area contributed by atoms with E-state index < -0.39 is 0 Å². The number of Topliss-reactive ketones (excluding diaryl/α,β-unsaturated/α-hetero) is 1. The predicted molar refractivity (Wildman–Crippen MR) is 60.4 cm³/mol. The molecule has 0 atom stereocenters. The van der Waals surface area contributed by atoms with E-state index in [9.17, 15) is 4.79 Å². The van der Waals surface area contributed by atoms with Gasteiger partial charge in [-0.25, -0.2) is 0 Å². The Kier molecular flexibility index (Phi) is 2.69. The summed E-state index contributed by atoms with van der Waals surface area (Å²) >= 11 is 0. The monoisotopic (exact) mass is 196 g/mol. The molecule has 15 heavy (non-hydrogen) atoms. The van der Waals surface area contributed by atoms with Crippen molar-refractivity contribution in [3.63, 3.8) is 0 Å². The summed E-state index contributed by atoms with van der Waals surface area (Å²) in [6, 6.07) is 8.08. The summed E-state index contributed by atoms with van der Waals surface area (Å²) < 4.78 is 0. The van der Waals surface area contributed by atoms with Gasteiger partial charge in [0.1, 0.15) is 0 Å². The zero-order valence-electron chi connectivity index (χ0n) is 8.71. The van der Waals surface area contributed by atoms with Crippen LogP contribution < -0.4 is 0 Å². The molecule has 0 fully saturated rings. The molecule has 1 heteroatoms. The Morgan fingerprint density at radius 3 is 2.53 bits per heavy atom. The van der Waals surface area contributed by atoms with Crippen LogP contribution in [0.25, 0.3) is 0 Å². The highest BCUT2D eigenvalue weighted by atomic mass is 16.1. The van der Waals surface area contributed by atoms with Gasteiger partial charge in [-0.15, -0.1) is 0 Å². The van der Waals surface area contributed by atoms with E-state index in [2.05, 4.69) is 18.8 Å². The van der Waals surface area contributed by atoms with Crippen LogP contribution >= 0.6 is 0 Å². The molecular weight excluding hydrogens is 184 g/mol. The van der Waals surface area contributed by atoms with Crippen molar-refractivity contribution in [1.29, 1.82) is 0 Å². The van der Waals surface area contributed by atoms with Crippen molar-refractivity contribution in [1.82, 2.24) is 0 Å². The fourth-order valence-electron chi connectivity index (χ4n) is 1.38. The highest BCUT2D eigenvalue weighted by molar-refractivity contribution is 6.02. The van der Waals surface area contributed by atoms with Crippen LogP contribution in [0.2, 0.25) is 0 Å². The van der Waals surface area contributed by atoms with E-state index in [-0.39, 0.29) is 5.78 Å². The third kappa shape index (κ3) is 2.35. The fourth-order valence-corrected chi connectivity index (χ4v) is 1.38. The molecule has 0 saturated carbocycles. The molecule has 0 aliphatic heterocycles. The lowest BCUT2D eigenvalue weighted by atomic mass is 9.94. The number of ketones is 1. The minimum absolute atomic E-state index is 0.244. The van der Waals surface area contributed by atoms with E-state index in [4.69, 9.17) is 0 Å². The number of benzene rings is 1. The van der Waals surface area contributed by atoms with E-state index >= 15 is 0 Å². The molecule has 0 unspecified atom stereocenters. The lowest BCUT2D eigenvalue weighted by molar-refractivity contribution is -0.116. The maximum absolute atomic E-state index is 11.0. The molecule has 1 aliphatic rings. The van der Waals surface area contributed by atoms with Crippen LogP contribution in [0.4, 0.5) is 0 Å². The molecule has 1 nitrogen and oxygen atoms in total. The third-order valence-electron chi connectivity index (χ3n) is 2.46. The van der Waals surface area contributed by atoms with Gasteiger partial charge in [0.2, 0.25) is 0 Å². The molecule has 0 aromatic heterocycles. The Balaban J connectivity index is 2.00. The van der Waals surface area contributed by atoms with E-state index in [1.54, 1.807) is 0 Å². The van der Waals surface area contributed by atoms with Gasteiger partial charge in [0.05, 0.1) is 0 Å². The first kappa shape index (κ1) is 9.73. The average Bonchev–Trinajstić information content (AvgIpc) is 2.25. The van der Waals surface area contributed by atoms with Crippen molar-refractivity contribution in [2.45, 2.75) is 19.8 Å². The standard InChI is InChI=1S/C14H12O/c1-11-5-7-12(8-6-11)3-2-4-13-9-10-14(13)15/h5-9H,4,10H2,1H3. The summed E-state index contributed by atoms with van der Waals surface area (Å²) in [5.41, 5.74) is 3.11. The minimum atomic E-state index is 0.244. The van der Waals surface area contributed by atoms with Gasteiger partial charge in [0.25, 0.3) is 0 Å². The number of allylic oxidation sites excluding steroid dienone is 2. The molecule has 0 spiro atoms. The van der Waals surface area contributed by atoms with Gasteiger partial charge in [0, 0.05) is 24.0 Å². The Labute approximate surface area is 89.8 Å². The molecule has 0 N–H and O–H groups in total. The Bertz CT molecular complexity index is 466. The normalized spacial score (nSPS) is 13.7. The fraction of sp³-hybridized carbons (Fsp3) is 0.214. The van der Waals surface area contributed by atoms with Crippen LogP contribution in [-0.4, -0.2) is 5.78 Å². The summed E-state index contributed by atoms with van der Waals surface area (Å²) in [5.74, 6) is 6.31. The number of rotatable bonds is 1. The molecule has 1 aromatic rings. The van der Waals surface area contributed by atoms with Crippen molar-refractivity contribution in [3.05, 3.63) is 47.0 Å². The number of hydrogen-bond donors (Lipinski definition) is 0.